The lowest BCUT2D eigenvalue weighted by atomic mass is 9.83. The summed E-state index contributed by atoms with van der Waals surface area (Å²) in [6, 6.07) is 11.1. The lowest BCUT2D eigenvalue weighted by Gasteiger charge is -2.44. The Balaban J connectivity index is 1.28. The van der Waals surface area contributed by atoms with Crippen molar-refractivity contribution in [2.45, 2.75) is 71.4 Å². The monoisotopic (exact) mass is 408 g/mol. The van der Waals surface area contributed by atoms with Crippen molar-refractivity contribution in [1.29, 1.82) is 0 Å². The molecule has 0 unspecified atom stereocenters. The Bertz CT molecular complexity index is 842. The largest absolute Gasteiger partial charge is 0.356 e. The van der Waals surface area contributed by atoms with Gasteiger partial charge in [0.05, 0.1) is 12.2 Å². The van der Waals surface area contributed by atoms with Crippen LogP contribution in [0, 0.1) is 19.8 Å². The minimum atomic E-state index is 0.178. The van der Waals surface area contributed by atoms with Crippen LogP contribution in [0.1, 0.15) is 61.0 Å². The summed E-state index contributed by atoms with van der Waals surface area (Å²) in [5.41, 5.74) is 4.68. The number of fused-ring (bicyclic) bond motifs is 1. The molecule has 2 aliphatic rings. The molecule has 1 N–H and O–H groups in total. The molecule has 30 heavy (non-hydrogen) atoms. The molecular formula is C25H36N4O. The van der Waals surface area contributed by atoms with E-state index in [-0.39, 0.29) is 5.91 Å². The molecule has 0 radical (unpaired) electrons. The van der Waals surface area contributed by atoms with Gasteiger partial charge in [-0.25, -0.2) is 0 Å². The van der Waals surface area contributed by atoms with E-state index < -0.39 is 0 Å². The molecule has 5 heteroatoms. The summed E-state index contributed by atoms with van der Waals surface area (Å²) in [7, 11) is 0. The normalized spacial score (nSPS) is 21.9. The number of piperidine rings is 2. The van der Waals surface area contributed by atoms with Gasteiger partial charge in [-0.3, -0.25) is 9.48 Å². The maximum Gasteiger partial charge on any atom is 0.220 e. The highest BCUT2D eigenvalue weighted by Gasteiger charge is 2.32. The molecular weight excluding hydrogens is 372 g/mol. The van der Waals surface area contributed by atoms with Crippen LogP contribution in [0.2, 0.25) is 0 Å². The topological polar surface area (TPSA) is 50.2 Å². The standard InChI is InChI=1S/C25H36N4O/c1-19-23(20(2)29(27-19)18-21-9-4-3-5-10-21)13-14-25(30)26-17-22-11-8-16-28-15-7-6-12-24(22)28/h3-5,9-10,22,24H,6-8,11-18H2,1-2H3,(H,26,30)/t22-,24-/m0/s1. The number of carbonyl (C=O) groups excluding carboxylic acids is 1. The highest BCUT2D eigenvalue weighted by atomic mass is 16.1. The summed E-state index contributed by atoms with van der Waals surface area (Å²) in [6.07, 6.45) is 7.82. The Kier molecular flexibility index (Phi) is 6.88. The third-order valence-electron chi connectivity index (χ3n) is 7.10. The van der Waals surface area contributed by atoms with E-state index in [9.17, 15) is 4.79 Å². The molecule has 0 aliphatic carbocycles. The zero-order valence-electron chi connectivity index (χ0n) is 18.6. The van der Waals surface area contributed by atoms with Crippen LogP contribution in [0.25, 0.3) is 0 Å². The van der Waals surface area contributed by atoms with Crippen LogP contribution in [0.4, 0.5) is 0 Å². The summed E-state index contributed by atoms with van der Waals surface area (Å²) >= 11 is 0. The van der Waals surface area contributed by atoms with Crippen molar-refractivity contribution in [2.24, 2.45) is 5.92 Å². The van der Waals surface area contributed by atoms with E-state index in [1.165, 1.54) is 62.0 Å². The quantitative estimate of drug-likeness (QED) is 0.757. The van der Waals surface area contributed by atoms with Crippen LogP contribution in [0.5, 0.6) is 0 Å². The number of hydrogen-bond donors (Lipinski definition) is 1. The molecule has 2 saturated heterocycles. The minimum Gasteiger partial charge on any atom is -0.356 e. The van der Waals surface area contributed by atoms with Gasteiger partial charge < -0.3 is 10.2 Å². The van der Waals surface area contributed by atoms with E-state index in [1.54, 1.807) is 0 Å². The number of rotatable bonds is 7. The van der Waals surface area contributed by atoms with Gasteiger partial charge in [0.15, 0.2) is 0 Å². The van der Waals surface area contributed by atoms with Crippen molar-refractivity contribution in [2.75, 3.05) is 19.6 Å². The molecule has 2 atom stereocenters. The van der Waals surface area contributed by atoms with Crippen LogP contribution in [0.15, 0.2) is 30.3 Å². The third-order valence-corrected chi connectivity index (χ3v) is 7.10. The number of nitrogens with one attached hydrogen (secondary N) is 1. The zero-order valence-corrected chi connectivity index (χ0v) is 18.6. The lowest BCUT2D eigenvalue weighted by molar-refractivity contribution is -0.121. The highest BCUT2D eigenvalue weighted by Crippen LogP contribution is 2.30. The molecule has 162 valence electrons. The van der Waals surface area contributed by atoms with Crippen LogP contribution < -0.4 is 5.32 Å². The van der Waals surface area contributed by atoms with E-state index in [2.05, 4.69) is 53.0 Å². The Morgan fingerprint density at radius 3 is 2.73 bits per heavy atom. The Morgan fingerprint density at radius 1 is 1.10 bits per heavy atom. The number of aryl methyl sites for hydroxylation is 1. The van der Waals surface area contributed by atoms with Crippen molar-refractivity contribution in [1.82, 2.24) is 20.0 Å². The first-order valence-electron chi connectivity index (χ1n) is 11.7. The van der Waals surface area contributed by atoms with E-state index in [0.29, 0.717) is 18.4 Å². The van der Waals surface area contributed by atoms with Gasteiger partial charge in [-0.1, -0.05) is 36.8 Å². The van der Waals surface area contributed by atoms with Gasteiger partial charge in [0, 0.05) is 24.7 Å². The Labute approximate surface area is 180 Å². The SMILES string of the molecule is Cc1nn(Cc2ccccc2)c(C)c1CCC(=O)NC[C@@H]1CCCN2CCCC[C@@H]12. The average Bonchev–Trinajstić information content (AvgIpc) is 3.03. The first-order chi connectivity index (χ1) is 14.6. The van der Waals surface area contributed by atoms with Crippen LogP contribution in [-0.2, 0) is 17.8 Å². The first kappa shape index (κ1) is 21.1. The van der Waals surface area contributed by atoms with E-state index >= 15 is 0 Å². The second kappa shape index (κ2) is 9.78. The number of nitrogens with zero attached hydrogens (tertiary/aromatic N) is 3. The molecule has 1 aromatic heterocycles. The van der Waals surface area contributed by atoms with Gasteiger partial charge in [0.1, 0.15) is 0 Å². The molecule has 0 saturated carbocycles. The fourth-order valence-electron chi connectivity index (χ4n) is 5.39. The Hall–Kier alpha value is -2.14. The minimum absolute atomic E-state index is 0.178. The summed E-state index contributed by atoms with van der Waals surface area (Å²) in [4.78, 5) is 15.3. The van der Waals surface area contributed by atoms with Gasteiger partial charge in [0.25, 0.3) is 0 Å². The molecule has 3 heterocycles. The second-order valence-electron chi connectivity index (χ2n) is 9.10. The molecule has 4 rings (SSSR count). The smallest absolute Gasteiger partial charge is 0.220 e. The van der Waals surface area contributed by atoms with Gasteiger partial charge in [-0.2, -0.15) is 5.10 Å². The molecule has 2 aromatic rings. The van der Waals surface area contributed by atoms with Gasteiger partial charge >= 0.3 is 0 Å². The average molecular weight is 409 g/mol. The molecule has 0 bridgehead atoms. The van der Waals surface area contributed by atoms with E-state index in [1.807, 2.05) is 6.07 Å². The molecule has 5 nitrogen and oxygen atoms in total. The number of benzene rings is 1. The summed E-state index contributed by atoms with van der Waals surface area (Å²) in [6.45, 7) is 8.29. The number of carbonyl (C=O) groups is 1. The first-order valence-corrected chi connectivity index (χ1v) is 11.7. The van der Waals surface area contributed by atoms with Gasteiger partial charge in [0.2, 0.25) is 5.91 Å². The van der Waals surface area contributed by atoms with E-state index in [0.717, 1.165) is 25.2 Å². The van der Waals surface area contributed by atoms with Crippen LogP contribution >= 0.6 is 0 Å². The lowest BCUT2D eigenvalue weighted by Crippen LogP contribution is -2.51. The highest BCUT2D eigenvalue weighted by molar-refractivity contribution is 5.76. The van der Waals surface area contributed by atoms with Crippen molar-refractivity contribution in [3.05, 3.63) is 52.8 Å². The number of hydrogen-bond acceptors (Lipinski definition) is 3. The maximum absolute atomic E-state index is 12.6. The van der Waals surface area contributed by atoms with Gasteiger partial charge in [-0.15, -0.1) is 0 Å². The molecule has 0 spiro atoms. The number of aromatic nitrogens is 2. The summed E-state index contributed by atoms with van der Waals surface area (Å²) in [5.74, 6) is 0.803. The fraction of sp³-hybridized carbons (Fsp3) is 0.600. The zero-order chi connectivity index (χ0) is 20.9. The molecule has 1 amide bonds. The summed E-state index contributed by atoms with van der Waals surface area (Å²) in [5, 5.41) is 7.98. The summed E-state index contributed by atoms with van der Waals surface area (Å²) < 4.78 is 2.07. The molecule has 1 aromatic carbocycles. The van der Waals surface area contributed by atoms with Crippen LogP contribution in [-0.4, -0.2) is 46.3 Å². The Morgan fingerprint density at radius 2 is 1.90 bits per heavy atom. The predicted octanol–water partition coefficient (Wildman–Crippen LogP) is 3.86. The van der Waals surface area contributed by atoms with Crippen molar-refractivity contribution < 1.29 is 4.79 Å². The fourth-order valence-corrected chi connectivity index (χ4v) is 5.39. The predicted molar refractivity (Wildman–Crippen MR) is 121 cm³/mol. The van der Waals surface area contributed by atoms with Crippen molar-refractivity contribution in [3.63, 3.8) is 0 Å². The van der Waals surface area contributed by atoms with Crippen molar-refractivity contribution in [3.8, 4) is 0 Å². The maximum atomic E-state index is 12.6. The van der Waals surface area contributed by atoms with Gasteiger partial charge in [-0.05, 0) is 76.1 Å². The van der Waals surface area contributed by atoms with E-state index in [4.69, 9.17) is 5.10 Å². The molecule has 2 aliphatic heterocycles. The number of amides is 1. The second-order valence-corrected chi connectivity index (χ2v) is 9.10. The molecule has 2 fully saturated rings. The third kappa shape index (κ3) is 4.94. The van der Waals surface area contributed by atoms with Crippen molar-refractivity contribution >= 4 is 5.91 Å². The van der Waals surface area contributed by atoms with Crippen LogP contribution in [0.3, 0.4) is 0 Å².